The predicted molar refractivity (Wildman–Crippen MR) is 112 cm³/mol. The molecule has 2 heterocycles. The van der Waals surface area contributed by atoms with Crippen LogP contribution in [0.25, 0.3) is 5.65 Å². The van der Waals surface area contributed by atoms with E-state index < -0.39 is 17.8 Å². The molecule has 0 aliphatic rings. The molecule has 4 rings (SSSR count). The van der Waals surface area contributed by atoms with Crippen molar-refractivity contribution in [3.8, 4) is 11.5 Å². The largest absolute Gasteiger partial charge is 0.457 e. The van der Waals surface area contributed by atoms with Crippen LogP contribution in [0.3, 0.4) is 0 Å². The van der Waals surface area contributed by atoms with Crippen molar-refractivity contribution < 1.29 is 18.7 Å². The lowest BCUT2D eigenvalue weighted by molar-refractivity contribution is 0.1000. The van der Waals surface area contributed by atoms with Crippen molar-refractivity contribution in [2.75, 3.05) is 5.32 Å². The number of nitrogens with zero attached hydrogens (tertiary/aromatic N) is 2. The third-order valence-electron chi connectivity index (χ3n) is 4.38. The van der Waals surface area contributed by atoms with Crippen LogP contribution in [0.2, 0.25) is 0 Å². The van der Waals surface area contributed by atoms with Crippen LogP contribution in [0.4, 0.5) is 14.9 Å². The second-order valence-corrected chi connectivity index (χ2v) is 6.65. The first kappa shape index (κ1) is 19.9. The number of hydrogen-bond acceptors (Lipinski definition) is 4. The number of benzene rings is 2. The summed E-state index contributed by atoms with van der Waals surface area (Å²) in [6, 6.07) is 15.7. The fourth-order valence-electron chi connectivity index (χ4n) is 2.92. The molecule has 31 heavy (non-hydrogen) atoms. The van der Waals surface area contributed by atoms with Crippen molar-refractivity contribution in [1.29, 1.82) is 0 Å². The van der Waals surface area contributed by atoms with Gasteiger partial charge in [0.25, 0.3) is 0 Å². The summed E-state index contributed by atoms with van der Waals surface area (Å²) in [5.74, 6) is 0.0320. The van der Waals surface area contributed by atoms with E-state index >= 15 is 0 Å². The Hall–Kier alpha value is -4.40. The van der Waals surface area contributed by atoms with E-state index in [1.807, 2.05) is 0 Å². The van der Waals surface area contributed by atoms with Gasteiger partial charge in [-0.25, -0.2) is 14.2 Å². The third kappa shape index (κ3) is 4.78. The van der Waals surface area contributed by atoms with Crippen LogP contribution in [0.5, 0.6) is 11.5 Å². The number of rotatable bonds is 6. The topological polar surface area (TPSA) is 111 Å². The van der Waals surface area contributed by atoms with Crippen molar-refractivity contribution in [3.05, 3.63) is 90.1 Å². The standard InChI is InChI=1S/C22H18FN5O3/c23-19-5-2-10-28-13-16(26-21(19)28)12-25-22(30)27-15-6-8-17(9-7-15)31-18-4-1-3-14(11-18)20(24)29/h1-11,13H,12H2,(H2,24,29)(H2,25,27,30). The molecule has 0 radical (unpaired) electrons. The number of hydrogen-bond donors (Lipinski definition) is 3. The van der Waals surface area contributed by atoms with Crippen LogP contribution < -0.4 is 21.1 Å². The molecule has 0 aliphatic carbocycles. The molecular formula is C22H18FN5O3. The molecule has 0 spiro atoms. The lowest BCUT2D eigenvalue weighted by atomic mass is 10.2. The van der Waals surface area contributed by atoms with Gasteiger partial charge in [0.2, 0.25) is 5.91 Å². The van der Waals surface area contributed by atoms with Crippen LogP contribution in [0, 0.1) is 5.82 Å². The molecule has 4 N–H and O–H groups in total. The van der Waals surface area contributed by atoms with E-state index in [-0.39, 0.29) is 12.2 Å². The molecule has 0 saturated heterocycles. The zero-order valence-corrected chi connectivity index (χ0v) is 16.2. The van der Waals surface area contributed by atoms with Crippen molar-refractivity contribution in [1.82, 2.24) is 14.7 Å². The van der Waals surface area contributed by atoms with E-state index in [0.717, 1.165) is 0 Å². The van der Waals surface area contributed by atoms with Crippen LogP contribution in [-0.4, -0.2) is 21.3 Å². The first-order valence-electron chi connectivity index (χ1n) is 9.33. The molecule has 8 nitrogen and oxygen atoms in total. The number of halogens is 1. The second kappa shape index (κ2) is 8.54. The second-order valence-electron chi connectivity index (χ2n) is 6.65. The lowest BCUT2D eigenvalue weighted by Gasteiger charge is -2.09. The molecule has 156 valence electrons. The van der Waals surface area contributed by atoms with E-state index in [1.54, 1.807) is 71.4 Å². The number of nitrogens with two attached hydrogens (primary N) is 1. The minimum atomic E-state index is -0.537. The average molecular weight is 419 g/mol. The summed E-state index contributed by atoms with van der Waals surface area (Å²) in [6.45, 7) is 0.143. The Morgan fingerprint density at radius 3 is 2.61 bits per heavy atom. The maximum absolute atomic E-state index is 13.7. The van der Waals surface area contributed by atoms with Gasteiger partial charge < -0.3 is 25.5 Å². The number of amides is 3. The highest BCUT2D eigenvalue weighted by atomic mass is 19.1. The maximum atomic E-state index is 13.7. The minimum absolute atomic E-state index is 0.143. The summed E-state index contributed by atoms with van der Waals surface area (Å²) in [6.07, 6.45) is 3.33. The molecule has 0 atom stereocenters. The number of primary amides is 1. The van der Waals surface area contributed by atoms with E-state index in [2.05, 4.69) is 15.6 Å². The first-order valence-corrected chi connectivity index (χ1v) is 9.33. The van der Waals surface area contributed by atoms with Gasteiger partial charge in [-0.05, 0) is 54.6 Å². The van der Waals surface area contributed by atoms with Crippen molar-refractivity contribution in [2.45, 2.75) is 6.54 Å². The van der Waals surface area contributed by atoms with Crippen molar-refractivity contribution in [3.63, 3.8) is 0 Å². The number of carbonyl (C=O) groups excluding carboxylic acids is 2. The highest BCUT2D eigenvalue weighted by Gasteiger charge is 2.08. The SMILES string of the molecule is NC(=O)c1cccc(Oc2ccc(NC(=O)NCc3cn4cccc(F)c4n3)cc2)c1. The molecular weight excluding hydrogens is 401 g/mol. The van der Waals surface area contributed by atoms with E-state index in [1.165, 1.54) is 6.07 Å². The van der Waals surface area contributed by atoms with E-state index in [4.69, 9.17) is 10.5 Å². The summed E-state index contributed by atoms with van der Waals surface area (Å²) in [7, 11) is 0. The molecule has 0 bridgehead atoms. The van der Waals surface area contributed by atoms with Crippen LogP contribution >= 0.6 is 0 Å². The zero-order valence-electron chi connectivity index (χ0n) is 16.2. The number of aromatic nitrogens is 2. The number of carbonyl (C=O) groups is 2. The smallest absolute Gasteiger partial charge is 0.319 e. The van der Waals surface area contributed by atoms with E-state index in [0.29, 0.717) is 28.4 Å². The van der Waals surface area contributed by atoms with Gasteiger partial charge in [0.05, 0.1) is 12.2 Å². The number of imidazole rings is 1. The summed E-state index contributed by atoms with van der Waals surface area (Å²) < 4.78 is 21.0. The van der Waals surface area contributed by atoms with Gasteiger partial charge in [-0.1, -0.05) is 6.07 Å². The molecule has 0 unspecified atom stereocenters. The number of pyridine rings is 1. The lowest BCUT2D eigenvalue weighted by Crippen LogP contribution is -2.28. The molecule has 0 fully saturated rings. The zero-order chi connectivity index (χ0) is 21.8. The number of nitrogens with one attached hydrogen (secondary N) is 2. The normalized spacial score (nSPS) is 10.6. The molecule has 0 saturated carbocycles. The van der Waals surface area contributed by atoms with Gasteiger partial charge in [-0.2, -0.15) is 0 Å². The quantitative estimate of drug-likeness (QED) is 0.443. The highest BCUT2D eigenvalue weighted by Crippen LogP contribution is 2.23. The Bertz CT molecular complexity index is 1250. The minimum Gasteiger partial charge on any atom is -0.457 e. The number of fused-ring (bicyclic) bond motifs is 1. The van der Waals surface area contributed by atoms with Gasteiger partial charge in [0.15, 0.2) is 11.5 Å². The summed E-state index contributed by atoms with van der Waals surface area (Å²) in [5, 5.41) is 5.37. The van der Waals surface area contributed by atoms with Crippen molar-refractivity contribution >= 4 is 23.3 Å². The summed E-state index contributed by atoms with van der Waals surface area (Å²) in [5.41, 5.74) is 6.90. The van der Waals surface area contributed by atoms with Crippen molar-refractivity contribution in [2.24, 2.45) is 5.73 Å². The van der Waals surface area contributed by atoms with Crippen LogP contribution in [-0.2, 0) is 6.54 Å². The van der Waals surface area contributed by atoms with Crippen LogP contribution in [0.1, 0.15) is 16.1 Å². The van der Waals surface area contributed by atoms with E-state index in [9.17, 15) is 14.0 Å². The Morgan fingerprint density at radius 1 is 1.06 bits per heavy atom. The monoisotopic (exact) mass is 419 g/mol. The maximum Gasteiger partial charge on any atom is 0.319 e. The Morgan fingerprint density at radius 2 is 1.87 bits per heavy atom. The number of urea groups is 1. The van der Waals surface area contributed by atoms with Gasteiger partial charge in [0.1, 0.15) is 11.5 Å². The summed E-state index contributed by atoms with van der Waals surface area (Å²) >= 11 is 0. The number of ether oxygens (including phenoxy) is 1. The fraction of sp³-hybridized carbons (Fsp3) is 0.0455. The molecule has 2 aromatic heterocycles. The van der Waals surface area contributed by atoms with Crippen LogP contribution in [0.15, 0.2) is 73.1 Å². The summed E-state index contributed by atoms with van der Waals surface area (Å²) in [4.78, 5) is 27.6. The Balaban J connectivity index is 1.33. The molecule has 0 aliphatic heterocycles. The molecule has 4 aromatic rings. The average Bonchev–Trinajstić information content (AvgIpc) is 3.19. The molecule has 3 amide bonds. The first-order chi connectivity index (χ1) is 15.0. The molecule has 2 aromatic carbocycles. The Labute approximate surface area is 176 Å². The fourth-order valence-corrected chi connectivity index (χ4v) is 2.92. The number of anilines is 1. The highest BCUT2D eigenvalue weighted by molar-refractivity contribution is 5.93. The van der Waals surface area contributed by atoms with Gasteiger partial charge in [-0.15, -0.1) is 0 Å². The molecule has 9 heteroatoms. The Kier molecular flexibility index (Phi) is 5.48. The van der Waals surface area contributed by atoms with Gasteiger partial charge in [0, 0.05) is 23.6 Å². The van der Waals surface area contributed by atoms with Gasteiger partial charge >= 0.3 is 6.03 Å². The predicted octanol–water partition coefficient (Wildman–Crippen LogP) is 3.69. The van der Waals surface area contributed by atoms with Gasteiger partial charge in [-0.3, -0.25) is 4.79 Å². The third-order valence-corrected chi connectivity index (χ3v) is 4.38.